The van der Waals surface area contributed by atoms with Crippen molar-refractivity contribution in [1.29, 1.82) is 0 Å². The summed E-state index contributed by atoms with van der Waals surface area (Å²) in [5.41, 5.74) is 6.99. The lowest BCUT2D eigenvalue weighted by Gasteiger charge is -2.45. The number of rotatable bonds is 4. The van der Waals surface area contributed by atoms with Crippen LogP contribution in [0.25, 0.3) is 71.5 Å². The molecule has 2 bridgehead atoms. The maximum absolute atomic E-state index is 5.54. The largest absolute Gasteiger partial charge is 0.311 e. The van der Waals surface area contributed by atoms with Crippen LogP contribution in [0.15, 0.2) is 121 Å². The van der Waals surface area contributed by atoms with E-state index in [0.29, 0.717) is 23.9 Å². The molecule has 4 heteroatoms. The summed E-state index contributed by atoms with van der Waals surface area (Å²) in [6.07, 6.45) is 4.98. The van der Waals surface area contributed by atoms with Crippen LogP contribution in [0, 0.1) is 5.92 Å². The lowest BCUT2D eigenvalue weighted by molar-refractivity contribution is 0.185. The number of para-hydroxylation sites is 2. The second-order valence-electron chi connectivity index (χ2n) is 14.5. The quantitative estimate of drug-likeness (QED) is 0.199. The van der Waals surface area contributed by atoms with Crippen molar-refractivity contribution in [3.05, 3.63) is 127 Å². The minimum absolute atomic E-state index is 0.158. The number of hydrogen-bond donors (Lipinski definition) is 1. The standard InChI is InChI=1S/C44H38N4/c1-27(2)44(25-30-22-23-31(26-44)45-30)29-13-11-12-28(24-29)41-36-18-7-9-20-38(36)46-43(47-41)48-39-21-10-8-19-37(39)40-34-16-5-3-14-32(34)33-15-4-6-17-35(33)42(40)48/h3-21,24,27,30-31,45H,22-23,25-26H2,1-2H3/t30-,31?,44?/m1/s1. The van der Waals surface area contributed by atoms with Crippen molar-refractivity contribution in [2.24, 2.45) is 5.92 Å². The van der Waals surface area contributed by atoms with Crippen LogP contribution in [0.1, 0.15) is 45.1 Å². The summed E-state index contributed by atoms with van der Waals surface area (Å²) < 4.78 is 2.32. The molecular formula is C44H38N4. The first-order valence-electron chi connectivity index (χ1n) is 17.6. The van der Waals surface area contributed by atoms with Gasteiger partial charge in [0.15, 0.2) is 0 Å². The predicted octanol–water partition coefficient (Wildman–Crippen LogP) is 10.5. The van der Waals surface area contributed by atoms with Gasteiger partial charge in [-0.2, -0.15) is 0 Å². The van der Waals surface area contributed by atoms with Crippen molar-refractivity contribution in [3.63, 3.8) is 0 Å². The normalized spacial score (nSPS) is 21.0. The van der Waals surface area contributed by atoms with E-state index < -0.39 is 0 Å². The molecule has 0 saturated carbocycles. The molecule has 10 rings (SSSR count). The van der Waals surface area contributed by atoms with Crippen molar-refractivity contribution in [2.75, 3.05) is 0 Å². The number of aromatic nitrogens is 3. The monoisotopic (exact) mass is 622 g/mol. The Morgan fingerprint density at radius 2 is 1.27 bits per heavy atom. The maximum atomic E-state index is 5.54. The minimum Gasteiger partial charge on any atom is -0.311 e. The number of benzene rings is 6. The first kappa shape index (κ1) is 28.0. The highest BCUT2D eigenvalue weighted by Crippen LogP contribution is 2.48. The molecular weight excluding hydrogens is 585 g/mol. The summed E-state index contributed by atoms with van der Waals surface area (Å²) in [5, 5.41) is 12.4. The average Bonchev–Trinajstić information content (AvgIpc) is 3.67. The summed E-state index contributed by atoms with van der Waals surface area (Å²) in [5.74, 6) is 1.26. The molecule has 8 aromatic rings. The highest BCUT2D eigenvalue weighted by atomic mass is 15.2. The zero-order valence-electron chi connectivity index (χ0n) is 27.4. The van der Waals surface area contributed by atoms with Crippen LogP contribution in [-0.4, -0.2) is 26.6 Å². The summed E-state index contributed by atoms with van der Waals surface area (Å²) in [7, 11) is 0. The molecule has 2 saturated heterocycles. The molecule has 0 amide bonds. The third kappa shape index (κ3) is 3.99. The van der Waals surface area contributed by atoms with Crippen LogP contribution >= 0.6 is 0 Å². The summed E-state index contributed by atoms with van der Waals surface area (Å²) >= 11 is 0. The minimum atomic E-state index is 0.158. The van der Waals surface area contributed by atoms with E-state index in [-0.39, 0.29) is 5.41 Å². The molecule has 0 aliphatic carbocycles. The van der Waals surface area contributed by atoms with Gasteiger partial charge in [0.2, 0.25) is 5.95 Å². The van der Waals surface area contributed by atoms with E-state index in [1.165, 1.54) is 63.6 Å². The Balaban J connectivity index is 1.27. The van der Waals surface area contributed by atoms with E-state index in [0.717, 1.165) is 33.2 Å². The fraction of sp³-hybridized carbons (Fsp3) is 0.227. The van der Waals surface area contributed by atoms with Gasteiger partial charge in [-0.3, -0.25) is 4.57 Å². The Bertz CT molecular complexity index is 2550. The second-order valence-corrected chi connectivity index (χ2v) is 14.5. The van der Waals surface area contributed by atoms with Crippen LogP contribution in [0.4, 0.5) is 0 Å². The van der Waals surface area contributed by atoms with Crippen molar-refractivity contribution in [2.45, 2.75) is 57.0 Å². The first-order chi connectivity index (χ1) is 23.6. The zero-order valence-corrected chi connectivity index (χ0v) is 27.4. The van der Waals surface area contributed by atoms with E-state index in [1.54, 1.807) is 0 Å². The number of piperidine rings is 1. The van der Waals surface area contributed by atoms with Gasteiger partial charge in [0.25, 0.3) is 0 Å². The molecule has 1 N–H and O–H groups in total. The maximum Gasteiger partial charge on any atom is 0.235 e. The average molecular weight is 623 g/mol. The summed E-state index contributed by atoms with van der Waals surface area (Å²) in [4.78, 5) is 10.9. The van der Waals surface area contributed by atoms with Gasteiger partial charge < -0.3 is 5.32 Å². The predicted molar refractivity (Wildman–Crippen MR) is 200 cm³/mol. The van der Waals surface area contributed by atoms with Gasteiger partial charge in [-0.1, -0.05) is 117 Å². The third-order valence-corrected chi connectivity index (χ3v) is 11.7. The van der Waals surface area contributed by atoms with Gasteiger partial charge >= 0.3 is 0 Å². The summed E-state index contributed by atoms with van der Waals surface area (Å²) in [6, 6.07) is 45.4. The highest BCUT2D eigenvalue weighted by molar-refractivity contribution is 6.32. The SMILES string of the molecule is CC(C)C1(c2cccc(-c3nc(-n4c5ccccc5c5c6ccccc6c6ccccc6c54)nc4ccccc34)c2)CC2CC[C@H](C1)N2. The van der Waals surface area contributed by atoms with Crippen LogP contribution in [0.5, 0.6) is 0 Å². The van der Waals surface area contributed by atoms with E-state index in [2.05, 4.69) is 145 Å². The highest BCUT2D eigenvalue weighted by Gasteiger charge is 2.46. The molecule has 6 aromatic carbocycles. The van der Waals surface area contributed by atoms with E-state index in [1.807, 2.05) is 0 Å². The molecule has 2 aromatic heterocycles. The van der Waals surface area contributed by atoms with Crippen LogP contribution in [-0.2, 0) is 5.41 Å². The fourth-order valence-corrected chi connectivity index (χ4v) is 9.42. The van der Waals surface area contributed by atoms with Gasteiger partial charge in [-0.25, -0.2) is 9.97 Å². The molecule has 2 fully saturated rings. The Morgan fingerprint density at radius 3 is 2.02 bits per heavy atom. The van der Waals surface area contributed by atoms with Crippen molar-refractivity contribution >= 4 is 54.3 Å². The van der Waals surface area contributed by atoms with E-state index in [4.69, 9.17) is 9.97 Å². The number of nitrogens with one attached hydrogen (secondary N) is 1. The molecule has 2 unspecified atom stereocenters. The second kappa shape index (κ2) is 10.5. The van der Waals surface area contributed by atoms with Gasteiger partial charge in [0, 0.05) is 44.6 Å². The molecule has 0 radical (unpaired) electrons. The Hall–Kier alpha value is -5.06. The first-order valence-corrected chi connectivity index (χ1v) is 17.6. The van der Waals surface area contributed by atoms with Gasteiger partial charge in [0.1, 0.15) is 0 Å². The zero-order chi connectivity index (χ0) is 32.0. The van der Waals surface area contributed by atoms with Gasteiger partial charge in [-0.05, 0) is 71.5 Å². The van der Waals surface area contributed by atoms with Crippen molar-refractivity contribution in [1.82, 2.24) is 19.9 Å². The molecule has 4 nitrogen and oxygen atoms in total. The van der Waals surface area contributed by atoms with Gasteiger partial charge in [0.05, 0.1) is 22.2 Å². The molecule has 3 atom stereocenters. The lowest BCUT2D eigenvalue weighted by atomic mass is 9.63. The molecule has 0 spiro atoms. The molecule has 48 heavy (non-hydrogen) atoms. The van der Waals surface area contributed by atoms with Gasteiger partial charge in [-0.15, -0.1) is 0 Å². The van der Waals surface area contributed by atoms with Crippen molar-refractivity contribution in [3.8, 4) is 17.2 Å². The Kier molecular flexibility index (Phi) is 6.11. The Labute approximate surface area is 280 Å². The smallest absolute Gasteiger partial charge is 0.235 e. The Morgan fingerprint density at radius 1 is 0.646 bits per heavy atom. The topological polar surface area (TPSA) is 42.7 Å². The number of hydrogen-bond acceptors (Lipinski definition) is 3. The summed E-state index contributed by atoms with van der Waals surface area (Å²) in [6.45, 7) is 4.85. The fourth-order valence-electron chi connectivity index (χ4n) is 9.42. The molecule has 4 heterocycles. The molecule has 2 aliphatic rings. The van der Waals surface area contributed by atoms with Crippen LogP contribution in [0.2, 0.25) is 0 Å². The third-order valence-electron chi connectivity index (χ3n) is 11.7. The lowest BCUT2D eigenvalue weighted by Crippen LogP contribution is -2.49. The van der Waals surface area contributed by atoms with E-state index in [9.17, 15) is 0 Å². The van der Waals surface area contributed by atoms with E-state index >= 15 is 0 Å². The molecule has 2 aliphatic heterocycles. The number of fused-ring (bicyclic) bond motifs is 11. The van der Waals surface area contributed by atoms with Crippen molar-refractivity contribution < 1.29 is 0 Å². The van der Waals surface area contributed by atoms with Crippen LogP contribution < -0.4 is 5.32 Å². The number of nitrogens with zero attached hydrogens (tertiary/aromatic N) is 3. The molecule has 234 valence electrons. The van der Waals surface area contributed by atoms with Crippen LogP contribution in [0.3, 0.4) is 0 Å².